The van der Waals surface area contributed by atoms with E-state index < -0.39 is 5.97 Å². The van der Waals surface area contributed by atoms with E-state index in [2.05, 4.69) is 38.1 Å². The highest BCUT2D eigenvalue weighted by Crippen LogP contribution is 2.32. The number of aryl methyl sites for hydroxylation is 1. The van der Waals surface area contributed by atoms with Crippen LogP contribution in [-0.4, -0.2) is 51.7 Å². The number of hydrogen-bond acceptors (Lipinski definition) is 8. The number of anilines is 3. The molecule has 3 heterocycles. The van der Waals surface area contributed by atoms with E-state index in [9.17, 15) is 19.6 Å². The van der Waals surface area contributed by atoms with Gasteiger partial charge in [0.2, 0.25) is 0 Å². The second-order valence-electron chi connectivity index (χ2n) is 9.90. The zero-order valence-electron chi connectivity index (χ0n) is 22.2. The van der Waals surface area contributed by atoms with Gasteiger partial charge in [-0.3, -0.25) is 0 Å². The van der Waals surface area contributed by atoms with Gasteiger partial charge in [0, 0.05) is 36.9 Å². The number of nitrogens with one attached hydrogen (secondary N) is 1. The quantitative estimate of drug-likeness (QED) is 0.292. The maximum Gasteiger partial charge on any atom is 0.356 e. The summed E-state index contributed by atoms with van der Waals surface area (Å²) >= 11 is 5.93. The molecule has 11 heteroatoms. The number of hydrogen-bond donors (Lipinski definition) is 2. The molecule has 0 bridgehead atoms. The first-order chi connectivity index (χ1) is 19.1. The van der Waals surface area contributed by atoms with Crippen LogP contribution in [0.1, 0.15) is 47.2 Å². The lowest BCUT2D eigenvalue weighted by molar-refractivity contribution is 0.0691. The summed E-state index contributed by atoms with van der Waals surface area (Å²) in [5.74, 6) is -0.972. The van der Waals surface area contributed by atoms with Gasteiger partial charge in [-0.1, -0.05) is 17.7 Å². The largest absolute Gasteiger partial charge is 0.476 e. The molecule has 9 nitrogen and oxygen atoms in total. The molecule has 2 aromatic heterocycles. The van der Waals surface area contributed by atoms with Crippen LogP contribution in [0.5, 0.6) is 0 Å². The number of halogens is 2. The van der Waals surface area contributed by atoms with E-state index in [1.165, 1.54) is 18.2 Å². The van der Waals surface area contributed by atoms with Crippen LogP contribution in [-0.2, 0) is 0 Å². The summed E-state index contributed by atoms with van der Waals surface area (Å²) in [6.07, 6.45) is 0. The summed E-state index contributed by atoms with van der Waals surface area (Å²) in [4.78, 5) is 29.7. The molecular formula is C29H27ClFN7O2. The molecule has 0 amide bonds. The van der Waals surface area contributed by atoms with Crippen molar-refractivity contribution in [1.82, 2.24) is 15.0 Å². The van der Waals surface area contributed by atoms with E-state index >= 15 is 0 Å². The number of carboxylic acids is 1. The van der Waals surface area contributed by atoms with E-state index in [-0.39, 0.29) is 34.4 Å². The predicted molar refractivity (Wildman–Crippen MR) is 153 cm³/mol. The van der Waals surface area contributed by atoms with Crippen molar-refractivity contribution in [3.63, 3.8) is 0 Å². The Morgan fingerprint density at radius 2 is 1.93 bits per heavy atom. The normalized spacial score (nSPS) is 16.1. The smallest absolute Gasteiger partial charge is 0.356 e. The van der Waals surface area contributed by atoms with E-state index in [0.717, 1.165) is 16.8 Å². The van der Waals surface area contributed by atoms with Crippen molar-refractivity contribution in [3.05, 3.63) is 82.0 Å². The average molecular weight is 560 g/mol. The molecule has 0 radical (unpaired) electrons. The summed E-state index contributed by atoms with van der Waals surface area (Å²) in [5, 5.41) is 22.9. The van der Waals surface area contributed by atoms with Gasteiger partial charge in [0.25, 0.3) is 0 Å². The first kappa shape index (κ1) is 27.1. The number of fused-ring (bicyclic) bond motifs is 1. The maximum atomic E-state index is 13.4. The Labute approximate surface area is 235 Å². The summed E-state index contributed by atoms with van der Waals surface area (Å²) in [5.41, 5.74) is 4.25. The molecule has 1 aliphatic heterocycles. The Balaban J connectivity index is 1.50. The van der Waals surface area contributed by atoms with Crippen molar-refractivity contribution in [3.8, 4) is 6.07 Å². The third-order valence-electron chi connectivity index (χ3n) is 7.02. The second-order valence-corrected chi connectivity index (χ2v) is 10.3. The number of aromatic carboxylic acids is 1. The fourth-order valence-electron chi connectivity index (χ4n) is 5.11. The minimum absolute atomic E-state index is 0.000339. The van der Waals surface area contributed by atoms with Crippen molar-refractivity contribution < 1.29 is 14.3 Å². The van der Waals surface area contributed by atoms with E-state index in [1.807, 2.05) is 26.0 Å². The Morgan fingerprint density at radius 1 is 1.18 bits per heavy atom. The third-order valence-corrected chi connectivity index (χ3v) is 7.24. The molecule has 40 heavy (non-hydrogen) atoms. The Bertz CT molecular complexity index is 1640. The van der Waals surface area contributed by atoms with Crippen LogP contribution in [0.3, 0.4) is 0 Å². The number of nitriles is 1. The number of carboxylic acid groups (broad SMARTS) is 1. The van der Waals surface area contributed by atoms with Gasteiger partial charge < -0.3 is 20.2 Å². The van der Waals surface area contributed by atoms with Crippen molar-refractivity contribution in [2.24, 2.45) is 0 Å². The second kappa shape index (κ2) is 10.9. The van der Waals surface area contributed by atoms with Gasteiger partial charge in [-0.2, -0.15) is 5.26 Å². The van der Waals surface area contributed by atoms with E-state index in [4.69, 9.17) is 16.6 Å². The molecule has 5 rings (SSSR count). The van der Waals surface area contributed by atoms with Gasteiger partial charge in [-0.05, 0) is 68.8 Å². The van der Waals surface area contributed by atoms with Crippen LogP contribution in [0.4, 0.5) is 21.6 Å². The van der Waals surface area contributed by atoms with Gasteiger partial charge in [0.1, 0.15) is 17.0 Å². The van der Waals surface area contributed by atoms with Crippen molar-refractivity contribution in [2.75, 3.05) is 34.8 Å². The van der Waals surface area contributed by atoms with Crippen molar-refractivity contribution in [2.45, 2.75) is 32.9 Å². The lowest BCUT2D eigenvalue weighted by atomic mass is 10.0. The highest BCUT2D eigenvalue weighted by Gasteiger charge is 2.28. The number of nitrogens with zero attached hydrogens (tertiary/aromatic N) is 6. The maximum absolute atomic E-state index is 13.4. The van der Waals surface area contributed by atoms with E-state index in [0.29, 0.717) is 42.2 Å². The summed E-state index contributed by atoms with van der Waals surface area (Å²) in [7, 11) is 0. The molecule has 4 aromatic rings. The average Bonchev–Trinajstić information content (AvgIpc) is 2.93. The number of aromatic nitrogens is 3. The van der Waals surface area contributed by atoms with Crippen LogP contribution in [0, 0.1) is 24.1 Å². The third kappa shape index (κ3) is 5.33. The first-order valence-electron chi connectivity index (χ1n) is 12.8. The number of rotatable bonds is 6. The van der Waals surface area contributed by atoms with Crippen LogP contribution in [0.15, 0.2) is 48.5 Å². The van der Waals surface area contributed by atoms with Crippen LogP contribution >= 0.6 is 11.6 Å². The summed E-state index contributed by atoms with van der Waals surface area (Å²) in [6, 6.07) is 15.3. The Morgan fingerprint density at radius 3 is 2.60 bits per heavy atom. The molecule has 2 aromatic carbocycles. The molecule has 204 valence electrons. The Hall–Kier alpha value is -4.49. The molecule has 0 spiro atoms. The molecule has 1 unspecified atom stereocenters. The fourth-order valence-corrected chi connectivity index (χ4v) is 5.26. The summed E-state index contributed by atoms with van der Waals surface area (Å²) < 4.78 is 13.4. The molecular weight excluding hydrogens is 533 g/mol. The van der Waals surface area contributed by atoms with Gasteiger partial charge in [0.15, 0.2) is 17.2 Å². The molecule has 1 aliphatic rings. The standard InChI is InChI=1S/C29H27ClFN7O2/c1-16-12-21(18(3)33-22-8-9-25(30)35-27(22)29(39)40)26-23(13-16)34-24(14-32)28(36-26)38-11-10-37(15-17(38)2)20-6-4-19(31)5-7-20/h4-9,12-13,17-18,33H,10-11,15H2,1-3H3,(H,39,40)/t17?,18-/m1/s1. The predicted octanol–water partition coefficient (Wildman–Crippen LogP) is 5.58. The van der Waals surface area contributed by atoms with Gasteiger partial charge >= 0.3 is 5.97 Å². The lowest BCUT2D eigenvalue weighted by Crippen LogP contribution is -2.52. The number of carbonyl (C=O) groups is 1. The molecule has 1 saturated heterocycles. The highest BCUT2D eigenvalue weighted by molar-refractivity contribution is 6.29. The SMILES string of the molecule is Cc1cc([C@@H](C)Nc2ccc(Cl)nc2C(=O)O)c2nc(N3CCN(c4ccc(F)cc4)CC3C)c(C#N)nc2c1. The van der Waals surface area contributed by atoms with Crippen LogP contribution in [0.25, 0.3) is 11.0 Å². The minimum atomic E-state index is -1.19. The monoisotopic (exact) mass is 559 g/mol. The highest BCUT2D eigenvalue weighted by atomic mass is 35.5. The molecule has 0 saturated carbocycles. The number of benzene rings is 2. The topological polar surface area (TPSA) is 118 Å². The molecule has 2 N–H and O–H groups in total. The zero-order valence-corrected chi connectivity index (χ0v) is 22.9. The van der Waals surface area contributed by atoms with Crippen LogP contribution in [0.2, 0.25) is 5.15 Å². The van der Waals surface area contributed by atoms with Gasteiger partial charge in [0.05, 0.1) is 22.8 Å². The Kier molecular flexibility index (Phi) is 7.41. The van der Waals surface area contributed by atoms with Gasteiger partial charge in [-0.15, -0.1) is 0 Å². The fraction of sp³-hybridized carbons (Fsp3) is 0.276. The minimum Gasteiger partial charge on any atom is -0.476 e. The van der Waals surface area contributed by atoms with Crippen molar-refractivity contribution in [1.29, 1.82) is 5.26 Å². The summed E-state index contributed by atoms with van der Waals surface area (Å²) in [6.45, 7) is 7.82. The van der Waals surface area contributed by atoms with Crippen molar-refractivity contribution >= 4 is 45.8 Å². The zero-order chi connectivity index (χ0) is 28.6. The van der Waals surface area contributed by atoms with Crippen LogP contribution < -0.4 is 15.1 Å². The lowest BCUT2D eigenvalue weighted by Gasteiger charge is -2.41. The number of piperazine rings is 1. The van der Waals surface area contributed by atoms with E-state index in [1.54, 1.807) is 18.2 Å². The molecule has 2 atom stereocenters. The number of pyridine rings is 1. The van der Waals surface area contributed by atoms with Gasteiger partial charge in [-0.25, -0.2) is 24.1 Å². The molecule has 0 aliphatic carbocycles. The first-order valence-corrected chi connectivity index (χ1v) is 13.2. The molecule has 1 fully saturated rings.